The molecule has 3 aliphatic heterocycles. The highest BCUT2D eigenvalue weighted by molar-refractivity contribution is 5.76. The maximum atomic E-state index is 13.4. The molecule has 19 nitrogen and oxygen atoms in total. The van der Waals surface area contributed by atoms with E-state index >= 15 is 0 Å². The van der Waals surface area contributed by atoms with Crippen LogP contribution in [0.1, 0.15) is 226 Å². The molecule has 0 bridgehead atoms. The van der Waals surface area contributed by atoms with Gasteiger partial charge in [0.15, 0.2) is 18.9 Å². The number of carbonyl (C=O) groups is 1. The lowest BCUT2D eigenvalue weighted by molar-refractivity contribution is -0.379. The molecule has 3 rings (SSSR count). The number of carbonyl (C=O) groups excluding carboxylic acids is 1. The molecule has 0 aromatic rings. The van der Waals surface area contributed by atoms with Crippen LogP contribution in [-0.4, -0.2) is 193 Å². The van der Waals surface area contributed by atoms with E-state index in [0.29, 0.717) is 12.8 Å². The Bertz CT molecular complexity index is 1880. The third-order valence-electron chi connectivity index (χ3n) is 16.8. The second-order valence-electron chi connectivity index (χ2n) is 24.3. The summed E-state index contributed by atoms with van der Waals surface area (Å²) >= 11 is 0. The van der Waals surface area contributed by atoms with E-state index in [9.17, 15) is 61.0 Å². The summed E-state index contributed by atoms with van der Waals surface area (Å²) in [5, 5.41) is 120. The topological polar surface area (TPSA) is 307 Å². The van der Waals surface area contributed by atoms with Crippen LogP contribution >= 0.6 is 0 Å². The number of unbranched alkanes of at least 4 members (excludes halogenated alkanes) is 23. The number of ether oxygens (including phenoxy) is 6. The van der Waals surface area contributed by atoms with Crippen LogP contribution < -0.4 is 5.32 Å². The molecule has 0 aromatic carbocycles. The van der Waals surface area contributed by atoms with Gasteiger partial charge in [0, 0.05) is 6.42 Å². The van der Waals surface area contributed by atoms with Crippen LogP contribution in [0.4, 0.5) is 0 Å². The molecule has 3 heterocycles. The van der Waals surface area contributed by atoms with Crippen molar-refractivity contribution in [3.05, 3.63) is 72.9 Å². The van der Waals surface area contributed by atoms with Crippen molar-refractivity contribution < 1.29 is 89.4 Å². The number of aliphatic hydroxyl groups excluding tert-OH is 11. The number of rotatable bonds is 51. The quantitative estimate of drug-likeness (QED) is 0.0200. The van der Waals surface area contributed by atoms with Crippen molar-refractivity contribution in [3.63, 3.8) is 0 Å². The Labute approximate surface area is 528 Å². The van der Waals surface area contributed by atoms with Gasteiger partial charge in [-0.05, 0) is 64.2 Å². The molecule has 1 amide bonds. The zero-order chi connectivity index (χ0) is 64.0. The summed E-state index contributed by atoms with van der Waals surface area (Å²) in [6.45, 7) is 1.66. The Kier molecular flexibility index (Phi) is 45.8. The maximum Gasteiger partial charge on any atom is 0.220 e. The highest BCUT2D eigenvalue weighted by Gasteiger charge is 2.53. The summed E-state index contributed by atoms with van der Waals surface area (Å²) < 4.78 is 34.4. The third kappa shape index (κ3) is 32.7. The standard InChI is InChI=1S/C69H121NO18/c1-3-5-7-9-11-13-15-17-18-19-20-21-22-23-24-25-26-27-28-29-30-31-32-33-34-35-37-39-41-43-45-47-57(75)70-52(53(74)46-44-42-40-38-36-16-14-12-10-8-6-4-2)51-83-67-63(81)60(78)65(55(49-72)85-67)88-69-64(82)61(79)66(56(50-73)86-69)87-68-62(80)59(77)58(76)54(48-71)84-68/h5,7,11,13,17-18,20-21,23-24,26-27,52-56,58-69,71-74,76-82H,3-4,6,8-10,12,14-16,19,22,25,28-51H2,1-2H3,(H,70,75)/b7-5-,13-11-,18-17-,21-20-,24-23-,27-26-. The Morgan fingerprint density at radius 2 is 0.784 bits per heavy atom. The summed E-state index contributed by atoms with van der Waals surface area (Å²) in [7, 11) is 0. The molecule has 0 radical (unpaired) electrons. The summed E-state index contributed by atoms with van der Waals surface area (Å²) in [5.74, 6) is -0.248. The molecular weight excluding hydrogens is 1130 g/mol. The average molecular weight is 1250 g/mol. The SMILES string of the molecule is CC/C=C\C/C=C\C/C=C\C/C=C\C/C=C\C/C=C\CCCCCCCCCCCCCCC(=O)NC(COC1OC(CO)C(OC2OC(CO)C(OC3OC(CO)C(O)C(O)C3O)C(O)C2O)C(O)C1O)C(O)CCCCCCCCCCCCCC. The van der Waals surface area contributed by atoms with Gasteiger partial charge < -0.3 is 89.9 Å². The molecule has 510 valence electrons. The minimum Gasteiger partial charge on any atom is -0.394 e. The van der Waals surface area contributed by atoms with Crippen molar-refractivity contribution >= 4 is 5.91 Å². The highest BCUT2D eigenvalue weighted by Crippen LogP contribution is 2.33. The summed E-state index contributed by atoms with van der Waals surface area (Å²) in [4.78, 5) is 13.4. The van der Waals surface area contributed by atoms with Gasteiger partial charge in [-0.2, -0.15) is 0 Å². The Hall–Kier alpha value is -2.77. The van der Waals surface area contributed by atoms with Gasteiger partial charge >= 0.3 is 0 Å². The van der Waals surface area contributed by atoms with Gasteiger partial charge in [0.05, 0.1) is 38.6 Å². The molecule has 0 aromatic heterocycles. The zero-order valence-corrected chi connectivity index (χ0v) is 53.7. The van der Waals surface area contributed by atoms with E-state index < -0.39 is 124 Å². The van der Waals surface area contributed by atoms with Crippen LogP contribution in [0.15, 0.2) is 72.9 Å². The van der Waals surface area contributed by atoms with Crippen molar-refractivity contribution in [1.29, 1.82) is 0 Å². The van der Waals surface area contributed by atoms with Crippen LogP contribution in [0.3, 0.4) is 0 Å². The first kappa shape index (κ1) is 79.5. The normalized spacial score (nSPS) is 28.9. The van der Waals surface area contributed by atoms with Crippen LogP contribution in [0.25, 0.3) is 0 Å². The second-order valence-corrected chi connectivity index (χ2v) is 24.3. The van der Waals surface area contributed by atoms with E-state index in [4.69, 9.17) is 28.4 Å². The van der Waals surface area contributed by atoms with E-state index in [1.165, 1.54) is 103 Å². The maximum absolute atomic E-state index is 13.4. The Balaban J connectivity index is 1.37. The van der Waals surface area contributed by atoms with Crippen molar-refractivity contribution in [2.24, 2.45) is 0 Å². The Morgan fingerprint density at radius 3 is 1.23 bits per heavy atom. The fourth-order valence-corrected chi connectivity index (χ4v) is 11.3. The third-order valence-corrected chi connectivity index (χ3v) is 16.8. The molecule has 0 spiro atoms. The molecule has 17 atom stereocenters. The van der Waals surface area contributed by atoms with Gasteiger partial charge in [0.1, 0.15) is 73.2 Å². The van der Waals surface area contributed by atoms with E-state index in [0.717, 1.165) is 89.9 Å². The van der Waals surface area contributed by atoms with Crippen molar-refractivity contribution in [2.75, 3.05) is 26.4 Å². The van der Waals surface area contributed by atoms with Crippen LogP contribution in [0.5, 0.6) is 0 Å². The molecule has 12 N–H and O–H groups in total. The van der Waals surface area contributed by atoms with Gasteiger partial charge in [0.2, 0.25) is 5.91 Å². The van der Waals surface area contributed by atoms with Gasteiger partial charge in [0.25, 0.3) is 0 Å². The number of hydrogen-bond donors (Lipinski definition) is 12. The van der Waals surface area contributed by atoms with E-state index in [1.54, 1.807) is 0 Å². The summed E-state index contributed by atoms with van der Waals surface area (Å²) in [6.07, 6.45) is 35.6. The first-order chi connectivity index (χ1) is 42.8. The van der Waals surface area contributed by atoms with Crippen LogP contribution in [0, 0.1) is 0 Å². The molecule has 17 unspecified atom stereocenters. The lowest BCUT2D eigenvalue weighted by atomic mass is 9.96. The molecule has 0 aliphatic carbocycles. The molecule has 3 fully saturated rings. The summed E-state index contributed by atoms with van der Waals surface area (Å²) in [6, 6.07) is -0.891. The molecular formula is C69H121NO18. The van der Waals surface area contributed by atoms with Crippen molar-refractivity contribution in [2.45, 2.75) is 330 Å². The van der Waals surface area contributed by atoms with Gasteiger partial charge in [-0.3, -0.25) is 4.79 Å². The summed E-state index contributed by atoms with van der Waals surface area (Å²) in [5.41, 5.74) is 0. The number of allylic oxidation sites excluding steroid dienone is 12. The predicted octanol–water partition coefficient (Wildman–Crippen LogP) is 8.55. The average Bonchev–Trinajstić information content (AvgIpc) is 1.54. The molecule has 3 aliphatic rings. The van der Waals surface area contributed by atoms with Gasteiger partial charge in [-0.1, -0.05) is 228 Å². The first-order valence-corrected chi connectivity index (χ1v) is 34.2. The van der Waals surface area contributed by atoms with Gasteiger partial charge in [-0.15, -0.1) is 0 Å². The number of hydrogen-bond acceptors (Lipinski definition) is 18. The van der Waals surface area contributed by atoms with Crippen LogP contribution in [-0.2, 0) is 33.2 Å². The monoisotopic (exact) mass is 1250 g/mol. The van der Waals surface area contributed by atoms with E-state index in [1.807, 2.05) is 0 Å². The van der Waals surface area contributed by atoms with Crippen molar-refractivity contribution in [3.8, 4) is 0 Å². The number of aliphatic hydroxyl groups is 11. The molecule has 3 saturated heterocycles. The lowest BCUT2D eigenvalue weighted by Gasteiger charge is -2.48. The fraction of sp³-hybridized carbons (Fsp3) is 0.812. The van der Waals surface area contributed by atoms with Crippen molar-refractivity contribution in [1.82, 2.24) is 5.32 Å². The minimum absolute atomic E-state index is 0.248. The second kappa shape index (κ2) is 50.7. The Morgan fingerprint density at radius 1 is 0.420 bits per heavy atom. The van der Waals surface area contributed by atoms with E-state index in [2.05, 4.69) is 92.1 Å². The largest absolute Gasteiger partial charge is 0.394 e. The molecule has 19 heteroatoms. The highest BCUT2D eigenvalue weighted by atomic mass is 16.8. The molecule has 88 heavy (non-hydrogen) atoms. The fourth-order valence-electron chi connectivity index (χ4n) is 11.3. The zero-order valence-electron chi connectivity index (χ0n) is 53.7. The molecule has 0 saturated carbocycles. The lowest BCUT2D eigenvalue weighted by Crippen LogP contribution is -2.66. The predicted molar refractivity (Wildman–Crippen MR) is 341 cm³/mol. The van der Waals surface area contributed by atoms with E-state index in [-0.39, 0.29) is 18.9 Å². The number of amides is 1. The minimum atomic E-state index is -1.97. The smallest absolute Gasteiger partial charge is 0.220 e. The van der Waals surface area contributed by atoms with Crippen LogP contribution in [0.2, 0.25) is 0 Å². The first-order valence-electron chi connectivity index (χ1n) is 34.2. The van der Waals surface area contributed by atoms with Gasteiger partial charge in [-0.25, -0.2) is 0 Å². The number of nitrogens with one attached hydrogen (secondary N) is 1.